The summed E-state index contributed by atoms with van der Waals surface area (Å²) in [7, 11) is -2.41. The number of ether oxygens (including phenoxy) is 1. The third-order valence-corrected chi connectivity index (χ3v) is 8.68. The molecular weight excluding hydrogens is 538 g/mol. The van der Waals surface area contributed by atoms with E-state index in [-0.39, 0.29) is 16.6 Å². The van der Waals surface area contributed by atoms with Crippen LogP contribution < -0.4 is 20.5 Å². The molecule has 2 heterocycles. The van der Waals surface area contributed by atoms with Gasteiger partial charge in [0.1, 0.15) is 16.0 Å². The number of aromatic nitrogens is 2. The molecule has 10 nitrogen and oxygen atoms in total. The average Bonchev–Trinajstić information content (AvgIpc) is 3.46. The molecule has 0 fully saturated rings. The van der Waals surface area contributed by atoms with Gasteiger partial charge in [-0.05, 0) is 42.3 Å². The number of methoxy groups -OCH3 is 1. The molecule has 37 heavy (non-hydrogen) atoms. The van der Waals surface area contributed by atoms with E-state index >= 15 is 0 Å². The van der Waals surface area contributed by atoms with Gasteiger partial charge in [-0.3, -0.25) is 14.2 Å². The van der Waals surface area contributed by atoms with Crippen LogP contribution in [-0.2, 0) is 27.9 Å². The highest BCUT2D eigenvalue weighted by molar-refractivity contribution is 7.94. The maximum Gasteiger partial charge on any atom is 0.272 e. The van der Waals surface area contributed by atoms with E-state index in [1.165, 1.54) is 26.2 Å². The van der Waals surface area contributed by atoms with Crippen LogP contribution in [0.3, 0.4) is 0 Å². The highest BCUT2D eigenvalue weighted by Crippen LogP contribution is 2.35. The zero-order valence-corrected chi connectivity index (χ0v) is 22.4. The van der Waals surface area contributed by atoms with Crippen molar-refractivity contribution in [2.75, 3.05) is 11.8 Å². The molecule has 0 aliphatic heterocycles. The van der Waals surface area contributed by atoms with Gasteiger partial charge in [-0.2, -0.15) is 5.10 Å². The predicted octanol–water partition coefficient (Wildman–Crippen LogP) is 2.93. The molecule has 0 aliphatic rings. The number of anilines is 1. The van der Waals surface area contributed by atoms with Gasteiger partial charge in [0.25, 0.3) is 10.0 Å². The van der Waals surface area contributed by atoms with E-state index in [1.807, 2.05) is 30.3 Å². The Balaban J connectivity index is 1.62. The number of nitrogens with one attached hydrogen (secondary N) is 2. The molecular formula is C24H26ClN5O5S2. The second-order valence-corrected chi connectivity index (χ2v) is 12.0. The third kappa shape index (κ3) is 6.05. The summed E-state index contributed by atoms with van der Waals surface area (Å²) in [6.07, 6.45) is -0.958. The van der Waals surface area contributed by atoms with Crippen LogP contribution in [0.4, 0.5) is 5.82 Å². The van der Waals surface area contributed by atoms with E-state index in [0.717, 1.165) is 22.5 Å². The Kier molecular flexibility index (Phi) is 8.05. The van der Waals surface area contributed by atoms with Crippen molar-refractivity contribution in [2.24, 2.45) is 5.73 Å². The van der Waals surface area contributed by atoms with Crippen LogP contribution in [0.5, 0.6) is 5.75 Å². The van der Waals surface area contributed by atoms with Crippen LogP contribution in [0.1, 0.15) is 18.1 Å². The first-order chi connectivity index (χ1) is 17.6. The molecule has 5 N–H and O–H groups in total. The molecule has 1 amide bonds. The Bertz CT molecular complexity index is 1530. The Morgan fingerprint density at radius 1 is 1.22 bits per heavy atom. The standard InChI is InChI=1S/C24H26ClN5O5S2/c1-14(31)22(26)24(32)27-12-15-5-3-6-16(11-15)13-30-17-7-4-8-18(35-2)21(17)23(28-30)29-37(33,34)20-10-9-19(25)36-20/h3-11,14,22,31H,12-13,26H2,1-2H3,(H,27,32)(H,28,29)/t14-,22-/m1/s1. The molecule has 0 unspecified atom stereocenters. The van der Waals surface area contributed by atoms with Crippen molar-refractivity contribution in [1.29, 1.82) is 0 Å². The Morgan fingerprint density at radius 2 is 1.95 bits per heavy atom. The molecule has 2 aromatic carbocycles. The largest absolute Gasteiger partial charge is 0.496 e. The number of nitrogens with zero attached hydrogens (tertiary/aromatic N) is 2. The average molecular weight is 564 g/mol. The van der Waals surface area contributed by atoms with Crippen molar-refractivity contribution in [3.63, 3.8) is 0 Å². The summed E-state index contributed by atoms with van der Waals surface area (Å²) in [6, 6.07) is 14.8. The molecule has 2 aromatic heterocycles. The lowest BCUT2D eigenvalue weighted by Crippen LogP contribution is -2.46. The topological polar surface area (TPSA) is 149 Å². The molecule has 0 radical (unpaired) electrons. The number of halogens is 1. The van der Waals surface area contributed by atoms with Crippen molar-refractivity contribution in [1.82, 2.24) is 15.1 Å². The molecule has 0 bridgehead atoms. The molecule has 0 saturated carbocycles. The maximum absolute atomic E-state index is 13.0. The van der Waals surface area contributed by atoms with E-state index in [1.54, 1.807) is 16.8 Å². The molecule has 0 saturated heterocycles. The van der Waals surface area contributed by atoms with Crippen molar-refractivity contribution in [3.05, 3.63) is 70.1 Å². The van der Waals surface area contributed by atoms with Crippen LogP contribution in [0, 0.1) is 0 Å². The first-order valence-corrected chi connectivity index (χ1v) is 13.9. The zero-order chi connectivity index (χ0) is 26.7. The van der Waals surface area contributed by atoms with Gasteiger partial charge in [-0.25, -0.2) is 8.42 Å². The summed E-state index contributed by atoms with van der Waals surface area (Å²) < 4.78 is 36.1. The number of aliphatic hydroxyl groups is 1. The number of benzene rings is 2. The lowest BCUT2D eigenvalue weighted by Gasteiger charge is -2.15. The Labute approximate surface area is 223 Å². The Morgan fingerprint density at radius 3 is 2.62 bits per heavy atom. The van der Waals surface area contributed by atoms with E-state index in [2.05, 4.69) is 15.1 Å². The summed E-state index contributed by atoms with van der Waals surface area (Å²) >= 11 is 6.88. The first-order valence-electron chi connectivity index (χ1n) is 11.2. The molecule has 196 valence electrons. The molecule has 0 spiro atoms. The zero-order valence-electron chi connectivity index (χ0n) is 20.0. The van der Waals surface area contributed by atoms with Gasteiger partial charge >= 0.3 is 0 Å². The molecule has 4 rings (SSSR count). The monoisotopic (exact) mass is 563 g/mol. The van der Waals surface area contributed by atoms with Gasteiger partial charge < -0.3 is 20.9 Å². The molecule has 2 atom stereocenters. The fourth-order valence-electron chi connectivity index (χ4n) is 3.72. The quantitative estimate of drug-likeness (QED) is 0.232. The summed E-state index contributed by atoms with van der Waals surface area (Å²) in [4.78, 5) is 12.1. The number of hydrogen-bond acceptors (Lipinski definition) is 8. The van der Waals surface area contributed by atoms with Gasteiger partial charge in [0.15, 0.2) is 5.82 Å². The van der Waals surface area contributed by atoms with Gasteiger partial charge in [0.2, 0.25) is 5.91 Å². The minimum absolute atomic E-state index is 0.0696. The smallest absolute Gasteiger partial charge is 0.272 e. The maximum atomic E-state index is 13.0. The summed E-state index contributed by atoms with van der Waals surface area (Å²) in [5, 5.41) is 17.3. The minimum atomic E-state index is -3.92. The van der Waals surface area contributed by atoms with Gasteiger partial charge in [0.05, 0.1) is 35.0 Å². The van der Waals surface area contributed by atoms with Crippen molar-refractivity contribution in [3.8, 4) is 5.75 Å². The SMILES string of the molecule is COc1cccc2c1c(NS(=O)(=O)c1ccc(Cl)s1)nn2Cc1cccc(CNC(=O)[C@H](N)[C@@H](C)O)c1. The van der Waals surface area contributed by atoms with E-state index in [4.69, 9.17) is 22.1 Å². The van der Waals surface area contributed by atoms with Crippen molar-refractivity contribution < 1.29 is 23.1 Å². The number of sulfonamides is 1. The fraction of sp³-hybridized carbons (Fsp3) is 0.250. The number of fused-ring (bicyclic) bond motifs is 1. The van der Waals surface area contributed by atoms with E-state index in [9.17, 15) is 18.3 Å². The lowest BCUT2D eigenvalue weighted by atomic mass is 10.1. The van der Waals surface area contributed by atoms with Gasteiger partial charge in [0, 0.05) is 6.54 Å². The molecule has 4 aromatic rings. The number of carbonyl (C=O) groups excluding carboxylic acids is 1. The van der Waals surface area contributed by atoms with Gasteiger partial charge in [-0.1, -0.05) is 41.9 Å². The van der Waals surface area contributed by atoms with E-state index < -0.39 is 28.1 Å². The first kappa shape index (κ1) is 26.9. The summed E-state index contributed by atoms with van der Waals surface area (Å²) in [6.45, 7) is 2.01. The van der Waals surface area contributed by atoms with E-state index in [0.29, 0.717) is 27.5 Å². The normalized spacial score (nSPS) is 13.3. The summed E-state index contributed by atoms with van der Waals surface area (Å²) in [5.74, 6) is 0.151. The number of carbonyl (C=O) groups is 1. The second kappa shape index (κ2) is 11.1. The molecule has 0 aliphatic carbocycles. The van der Waals surface area contributed by atoms with Crippen LogP contribution in [0.2, 0.25) is 4.34 Å². The predicted molar refractivity (Wildman–Crippen MR) is 143 cm³/mol. The number of hydrogen-bond donors (Lipinski definition) is 4. The van der Waals surface area contributed by atoms with Crippen molar-refractivity contribution >= 4 is 55.6 Å². The number of aliphatic hydroxyl groups excluding tert-OH is 1. The highest BCUT2D eigenvalue weighted by Gasteiger charge is 2.23. The highest BCUT2D eigenvalue weighted by atomic mass is 35.5. The lowest BCUT2D eigenvalue weighted by molar-refractivity contribution is -0.124. The van der Waals surface area contributed by atoms with Crippen LogP contribution in [0.25, 0.3) is 10.9 Å². The van der Waals surface area contributed by atoms with Crippen molar-refractivity contribution in [2.45, 2.75) is 36.4 Å². The number of thiophene rings is 1. The number of rotatable bonds is 10. The summed E-state index contributed by atoms with van der Waals surface area (Å²) in [5.41, 5.74) is 8.05. The van der Waals surface area contributed by atoms with Crippen LogP contribution in [-0.4, -0.2) is 48.5 Å². The Hall–Kier alpha value is -3.16. The van der Waals surface area contributed by atoms with Gasteiger partial charge in [-0.15, -0.1) is 11.3 Å². The number of amides is 1. The molecule has 13 heteroatoms. The van der Waals surface area contributed by atoms with Crippen LogP contribution >= 0.6 is 22.9 Å². The third-order valence-electron chi connectivity index (χ3n) is 5.62. The second-order valence-electron chi connectivity index (χ2n) is 8.33. The number of nitrogens with two attached hydrogens (primary N) is 1. The fourth-order valence-corrected chi connectivity index (χ4v) is 6.21. The minimum Gasteiger partial charge on any atom is -0.496 e. The van der Waals surface area contributed by atoms with Crippen LogP contribution in [0.15, 0.2) is 58.8 Å².